The van der Waals surface area contributed by atoms with Crippen LogP contribution in [0, 0.1) is 5.92 Å². The summed E-state index contributed by atoms with van der Waals surface area (Å²) in [6, 6.07) is 8.21. The maximum Gasteiger partial charge on any atom is 0.127 e. The third kappa shape index (κ3) is 2.95. The summed E-state index contributed by atoms with van der Waals surface area (Å²) in [4.78, 5) is 10.7. The fourth-order valence-electron chi connectivity index (χ4n) is 2.59. The average molecular weight is 232 g/mol. The summed E-state index contributed by atoms with van der Waals surface area (Å²) >= 11 is 0. The van der Waals surface area contributed by atoms with Crippen LogP contribution in [0.3, 0.4) is 0 Å². The van der Waals surface area contributed by atoms with Gasteiger partial charge < -0.3 is 9.90 Å². The molecule has 0 bridgehead atoms. The molecule has 2 rings (SSSR count). The van der Waals surface area contributed by atoms with E-state index in [0.717, 1.165) is 37.5 Å². The molecule has 1 saturated carbocycles. The highest BCUT2D eigenvalue weighted by Gasteiger charge is 2.25. The van der Waals surface area contributed by atoms with E-state index in [1.54, 1.807) is 0 Å². The van der Waals surface area contributed by atoms with E-state index >= 15 is 0 Å². The topological polar surface area (TPSA) is 37.3 Å². The van der Waals surface area contributed by atoms with Crippen LogP contribution in [0.5, 0.6) is 0 Å². The standard InChI is InChI=1S/C15H20O2/c1-11(10-16)13-7-5-12(6-8-13)9-14-3-2-4-15(14)17/h5-8,10-11,14-15,17H,2-4,9H2,1H3/t11-,14-,15+/m1/s1. The zero-order chi connectivity index (χ0) is 12.3. The van der Waals surface area contributed by atoms with Crippen molar-refractivity contribution in [2.24, 2.45) is 5.92 Å². The molecule has 3 atom stereocenters. The maximum atomic E-state index is 10.7. The summed E-state index contributed by atoms with van der Waals surface area (Å²) in [5.74, 6) is 0.394. The molecule has 17 heavy (non-hydrogen) atoms. The molecule has 2 heteroatoms. The van der Waals surface area contributed by atoms with E-state index in [1.807, 2.05) is 19.1 Å². The molecule has 0 heterocycles. The lowest BCUT2D eigenvalue weighted by Gasteiger charge is -2.14. The first-order valence-corrected chi connectivity index (χ1v) is 6.43. The maximum absolute atomic E-state index is 10.7. The lowest BCUT2D eigenvalue weighted by molar-refractivity contribution is -0.108. The van der Waals surface area contributed by atoms with Crippen LogP contribution in [0.2, 0.25) is 0 Å². The SMILES string of the molecule is C[C@H](C=O)c1ccc(C[C@H]2CCC[C@@H]2O)cc1. The fraction of sp³-hybridized carbons (Fsp3) is 0.533. The van der Waals surface area contributed by atoms with E-state index < -0.39 is 0 Å². The minimum Gasteiger partial charge on any atom is -0.393 e. The molecule has 2 nitrogen and oxygen atoms in total. The highest BCUT2D eigenvalue weighted by molar-refractivity contribution is 5.61. The van der Waals surface area contributed by atoms with Crippen LogP contribution in [0.25, 0.3) is 0 Å². The number of carbonyl (C=O) groups excluding carboxylic acids is 1. The van der Waals surface area contributed by atoms with Gasteiger partial charge in [0.2, 0.25) is 0 Å². The van der Waals surface area contributed by atoms with Gasteiger partial charge in [0.05, 0.1) is 6.10 Å². The molecule has 0 amide bonds. The normalized spacial score (nSPS) is 25.8. The molecule has 0 spiro atoms. The van der Waals surface area contributed by atoms with Crippen LogP contribution in [-0.4, -0.2) is 17.5 Å². The van der Waals surface area contributed by atoms with Crippen LogP contribution in [-0.2, 0) is 11.2 Å². The van der Waals surface area contributed by atoms with Crippen molar-refractivity contribution in [2.75, 3.05) is 0 Å². The quantitative estimate of drug-likeness (QED) is 0.810. The molecule has 0 aromatic heterocycles. The molecule has 0 saturated heterocycles. The van der Waals surface area contributed by atoms with E-state index in [9.17, 15) is 9.90 Å². The van der Waals surface area contributed by atoms with Crippen LogP contribution >= 0.6 is 0 Å². The summed E-state index contributed by atoms with van der Waals surface area (Å²) in [7, 11) is 0. The van der Waals surface area contributed by atoms with Crippen LogP contribution < -0.4 is 0 Å². The molecular formula is C15H20O2. The first-order chi connectivity index (χ1) is 8.20. The Hall–Kier alpha value is -1.15. The van der Waals surface area contributed by atoms with Crippen molar-refractivity contribution in [2.45, 2.75) is 44.6 Å². The van der Waals surface area contributed by atoms with Crippen molar-refractivity contribution in [3.05, 3.63) is 35.4 Å². The molecule has 0 aliphatic heterocycles. The Morgan fingerprint density at radius 3 is 2.59 bits per heavy atom. The fourth-order valence-corrected chi connectivity index (χ4v) is 2.59. The van der Waals surface area contributed by atoms with Crippen molar-refractivity contribution in [3.63, 3.8) is 0 Å². The second kappa shape index (κ2) is 5.46. The van der Waals surface area contributed by atoms with Gasteiger partial charge in [0.15, 0.2) is 0 Å². The molecule has 1 aromatic rings. The molecule has 92 valence electrons. The van der Waals surface area contributed by atoms with Crippen LogP contribution in [0.1, 0.15) is 43.2 Å². The molecule has 1 aromatic carbocycles. The van der Waals surface area contributed by atoms with Crippen molar-refractivity contribution in [3.8, 4) is 0 Å². The van der Waals surface area contributed by atoms with Gasteiger partial charge in [0, 0.05) is 5.92 Å². The minimum atomic E-state index is -0.122. The summed E-state index contributed by atoms with van der Waals surface area (Å²) < 4.78 is 0. The Morgan fingerprint density at radius 1 is 1.35 bits per heavy atom. The Kier molecular flexibility index (Phi) is 3.95. The van der Waals surface area contributed by atoms with Gasteiger partial charge in [-0.1, -0.05) is 37.6 Å². The number of aliphatic hydroxyl groups excluding tert-OH is 1. The molecule has 0 radical (unpaired) electrons. The lowest BCUT2D eigenvalue weighted by atomic mass is 9.94. The number of hydrogen-bond donors (Lipinski definition) is 1. The van der Waals surface area contributed by atoms with Gasteiger partial charge >= 0.3 is 0 Å². The van der Waals surface area contributed by atoms with Crippen molar-refractivity contribution < 1.29 is 9.90 Å². The van der Waals surface area contributed by atoms with Gasteiger partial charge in [0.1, 0.15) is 6.29 Å². The highest BCUT2D eigenvalue weighted by atomic mass is 16.3. The smallest absolute Gasteiger partial charge is 0.127 e. The Morgan fingerprint density at radius 2 is 2.06 bits per heavy atom. The third-order valence-electron chi connectivity index (χ3n) is 3.83. The molecule has 1 N–H and O–H groups in total. The average Bonchev–Trinajstić information content (AvgIpc) is 2.75. The highest BCUT2D eigenvalue weighted by Crippen LogP contribution is 2.28. The van der Waals surface area contributed by atoms with Gasteiger partial charge in [0.25, 0.3) is 0 Å². The first kappa shape index (κ1) is 12.3. The second-order valence-corrected chi connectivity index (χ2v) is 5.13. The molecule has 0 unspecified atom stereocenters. The van der Waals surface area contributed by atoms with E-state index in [1.165, 1.54) is 5.56 Å². The first-order valence-electron chi connectivity index (χ1n) is 6.43. The predicted octanol–water partition coefficient (Wildman–Crippen LogP) is 2.69. The summed E-state index contributed by atoms with van der Waals surface area (Å²) in [5, 5.41) is 9.78. The van der Waals surface area contributed by atoms with Gasteiger partial charge in [-0.3, -0.25) is 0 Å². The number of carbonyl (C=O) groups is 1. The molecular weight excluding hydrogens is 212 g/mol. The molecule has 1 aliphatic rings. The van der Waals surface area contributed by atoms with E-state index in [2.05, 4.69) is 12.1 Å². The number of benzene rings is 1. The van der Waals surface area contributed by atoms with Crippen LogP contribution in [0.15, 0.2) is 24.3 Å². The van der Waals surface area contributed by atoms with Crippen molar-refractivity contribution >= 4 is 6.29 Å². The summed E-state index contributed by atoms with van der Waals surface area (Å²) in [5.41, 5.74) is 2.33. The summed E-state index contributed by atoms with van der Waals surface area (Å²) in [6.45, 7) is 1.91. The Bertz CT molecular complexity index is 369. The lowest BCUT2D eigenvalue weighted by Crippen LogP contribution is -2.15. The molecule has 1 fully saturated rings. The van der Waals surface area contributed by atoms with Crippen LogP contribution in [0.4, 0.5) is 0 Å². The van der Waals surface area contributed by atoms with Crippen molar-refractivity contribution in [1.29, 1.82) is 0 Å². The second-order valence-electron chi connectivity index (χ2n) is 5.13. The van der Waals surface area contributed by atoms with Crippen molar-refractivity contribution in [1.82, 2.24) is 0 Å². The zero-order valence-corrected chi connectivity index (χ0v) is 10.3. The molecule has 1 aliphatic carbocycles. The van der Waals surface area contributed by atoms with E-state index in [4.69, 9.17) is 0 Å². The monoisotopic (exact) mass is 232 g/mol. The van der Waals surface area contributed by atoms with Gasteiger partial charge in [-0.15, -0.1) is 0 Å². The number of rotatable bonds is 4. The van der Waals surface area contributed by atoms with Gasteiger partial charge in [-0.2, -0.15) is 0 Å². The third-order valence-corrected chi connectivity index (χ3v) is 3.83. The van der Waals surface area contributed by atoms with E-state index in [0.29, 0.717) is 5.92 Å². The predicted molar refractivity (Wildman–Crippen MR) is 68.0 cm³/mol. The zero-order valence-electron chi connectivity index (χ0n) is 10.3. The van der Waals surface area contributed by atoms with E-state index in [-0.39, 0.29) is 12.0 Å². The Labute approximate surface area is 103 Å². The largest absolute Gasteiger partial charge is 0.393 e. The number of aldehydes is 1. The Balaban J connectivity index is 2.00. The van der Waals surface area contributed by atoms with Gasteiger partial charge in [-0.05, 0) is 36.3 Å². The summed E-state index contributed by atoms with van der Waals surface area (Å²) in [6.07, 6.45) is 5.03. The number of aliphatic hydroxyl groups is 1. The number of hydrogen-bond acceptors (Lipinski definition) is 2. The minimum absolute atomic E-state index is 0.0267. The van der Waals surface area contributed by atoms with Gasteiger partial charge in [-0.25, -0.2) is 0 Å².